The van der Waals surface area contributed by atoms with Crippen molar-refractivity contribution >= 4 is 24.0 Å². The van der Waals surface area contributed by atoms with E-state index in [1.807, 2.05) is 19.1 Å². The number of hydrogen-bond acceptors (Lipinski definition) is 7. The van der Waals surface area contributed by atoms with E-state index in [-0.39, 0.29) is 6.54 Å². The summed E-state index contributed by atoms with van der Waals surface area (Å²) in [7, 11) is 2.97. The second-order valence-corrected chi connectivity index (χ2v) is 7.32. The van der Waals surface area contributed by atoms with Crippen LogP contribution in [0.25, 0.3) is 0 Å². The number of rotatable bonds is 9. The van der Waals surface area contributed by atoms with E-state index in [1.165, 1.54) is 26.5 Å². The number of hydrazone groups is 1. The summed E-state index contributed by atoms with van der Waals surface area (Å²) in [6.07, 6.45) is 1.43. The Labute approximate surface area is 202 Å². The third-order valence-corrected chi connectivity index (χ3v) is 4.91. The number of carbonyl (C=O) groups is 3. The van der Waals surface area contributed by atoms with Gasteiger partial charge in [-0.3, -0.25) is 9.59 Å². The molecule has 3 rings (SSSR count). The highest BCUT2D eigenvalue weighted by atomic mass is 16.5. The zero-order valence-corrected chi connectivity index (χ0v) is 19.5. The van der Waals surface area contributed by atoms with Crippen molar-refractivity contribution < 1.29 is 28.6 Å². The summed E-state index contributed by atoms with van der Waals surface area (Å²) in [6, 6.07) is 18.5. The Bertz CT molecular complexity index is 1240. The lowest BCUT2D eigenvalue weighted by atomic mass is 10.1. The van der Waals surface area contributed by atoms with E-state index in [0.717, 1.165) is 5.56 Å². The van der Waals surface area contributed by atoms with E-state index in [1.54, 1.807) is 48.5 Å². The molecule has 0 fully saturated rings. The molecule has 180 valence electrons. The number of methoxy groups -OCH3 is 2. The monoisotopic (exact) mass is 475 g/mol. The zero-order chi connectivity index (χ0) is 25.2. The Morgan fingerprint density at radius 3 is 2.31 bits per heavy atom. The van der Waals surface area contributed by atoms with Crippen LogP contribution in [0.4, 0.5) is 0 Å². The Morgan fingerprint density at radius 1 is 0.914 bits per heavy atom. The third kappa shape index (κ3) is 6.91. The predicted octanol–water partition coefficient (Wildman–Crippen LogP) is 3.11. The van der Waals surface area contributed by atoms with Gasteiger partial charge >= 0.3 is 5.97 Å². The Morgan fingerprint density at radius 2 is 1.63 bits per heavy atom. The SMILES string of the molecule is COc1ccc(C(=O)NCC(=O)NN=Cc2ccc(OC(=O)c3ccccc3C)cc2)cc1OC. The molecule has 0 aliphatic rings. The summed E-state index contributed by atoms with van der Waals surface area (Å²) in [6.45, 7) is 1.57. The third-order valence-electron chi connectivity index (χ3n) is 4.91. The van der Waals surface area contributed by atoms with Crippen molar-refractivity contribution in [1.29, 1.82) is 0 Å². The van der Waals surface area contributed by atoms with Crippen LogP contribution in [-0.4, -0.2) is 44.8 Å². The maximum absolute atomic E-state index is 12.3. The van der Waals surface area contributed by atoms with Crippen molar-refractivity contribution in [2.45, 2.75) is 6.92 Å². The maximum atomic E-state index is 12.3. The minimum atomic E-state index is -0.501. The number of carbonyl (C=O) groups excluding carboxylic acids is 3. The van der Waals surface area contributed by atoms with Crippen molar-refractivity contribution in [3.63, 3.8) is 0 Å². The highest BCUT2D eigenvalue weighted by Crippen LogP contribution is 2.27. The van der Waals surface area contributed by atoms with E-state index in [2.05, 4.69) is 15.8 Å². The summed E-state index contributed by atoms with van der Waals surface area (Å²) in [5.41, 5.74) is 4.67. The van der Waals surface area contributed by atoms with Gasteiger partial charge in [0.25, 0.3) is 11.8 Å². The molecule has 0 aliphatic carbocycles. The molecular weight excluding hydrogens is 450 g/mol. The number of aryl methyl sites for hydroxylation is 1. The molecule has 2 amide bonds. The van der Waals surface area contributed by atoms with Gasteiger partial charge in [0.2, 0.25) is 0 Å². The fourth-order valence-corrected chi connectivity index (χ4v) is 3.04. The summed E-state index contributed by atoms with van der Waals surface area (Å²) in [5, 5.41) is 6.38. The quantitative estimate of drug-likeness (QED) is 0.213. The van der Waals surface area contributed by atoms with Crippen molar-refractivity contribution in [2.24, 2.45) is 5.10 Å². The molecule has 0 unspecified atom stereocenters. The van der Waals surface area contributed by atoms with Crippen molar-refractivity contribution in [3.8, 4) is 17.2 Å². The van der Waals surface area contributed by atoms with Gasteiger partial charge in [-0.1, -0.05) is 18.2 Å². The number of hydrogen-bond donors (Lipinski definition) is 2. The summed E-state index contributed by atoms with van der Waals surface area (Å²) >= 11 is 0. The van der Waals surface area contributed by atoms with Gasteiger partial charge < -0.3 is 19.5 Å². The fraction of sp³-hybridized carbons (Fsp3) is 0.154. The first-order valence-electron chi connectivity index (χ1n) is 10.6. The smallest absolute Gasteiger partial charge is 0.343 e. The van der Waals surface area contributed by atoms with Gasteiger partial charge in [0.15, 0.2) is 11.5 Å². The van der Waals surface area contributed by atoms with Gasteiger partial charge in [-0.15, -0.1) is 0 Å². The number of nitrogens with one attached hydrogen (secondary N) is 2. The second-order valence-electron chi connectivity index (χ2n) is 7.32. The van der Waals surface area contributed by atoms with Crippen LogP contribution in [0.5, 0.6) is 17.2 Å². The molecular formula is C26H25N3O6. The minimum Gasteiger partial charge on any atom is -0.493 e. The number of ether oxygens (including phenoxy) is 3. The molecule has 0 saturated heterocycles. The number of benzene rings is 3. The standard InChI is InChI=1S/C26H25N3O6/c1-17-6-4-5-7-21(17)26(32)35-20-11-8-18(9-12-20)15-28-29-24(30)16-27-25(31)19-10-13-22(33-2)23(14-19)34-3/h4-15H,16H2,1-3H3,(H,27,31)(H,29,30). The van der Waals surface area contributed by atoms with Gasteiger partial charge in [0.1, 0.15) is 5.75 Å². The normalized spacial score (nSPS) is 10.5. The Kier molecular flexibility index (Phi) is 8.55. The lowest BCUT2D eigenvalue weighted by Gasteiger charge is -2.09. The molecule has 0 atom stereocenters. The highest BCUT2D eigenvalue weighted by Gasteiger charge is 2.12. The van der Waals surface area contributed by atoms with Crippen LogP contribution in [-0.2, 0) is 4.79 Å². The van der Waals surface area contributed by atoms with Gasteiger partial charge in [-0.2, -0.15) is 5.10 Å². The number of esters is 1. The number of amides is 2. The van der Waals surface area contributed by atoms with E-state index in [4.69, 9.17) is 14.2 Å². The van der Waals surface area contributed by atoms with Crippen LogP contribution in [0.3, 0.4) is 0 Å². The second kappa shape index (κ2) is 12.0. The predicted molar refractivity (Wildman–Crippen MR) is 130 cm³/mol. The van der Waals surface area contributed by atoms with Crippen LogP contribution in [0.1, 0.15) is 31.8 Å². The lowest BCUT2D eigenvalue weighted by Crippen LogP contribution is -2.34. The van der Waals surface area contributed by atoms with Crippen LogP contribution in [0.15, 0.2) is 71.8 Å². The maximum Gasteiger partial charge on any atom is 0.343 e. The minimum absolute atomic E-state index is 0.266. The molecule has 9 heteroatoms. The van der Waals surface area contributed by atoms with Crippen molar-refractivity contribution in [3.05, 3.63) is 89.0 Å². The molecule has 3 aromatic carbocycles. The molecule has 35 heavy (non-hydrogen) atoms. The molecule has 0 aliphatic heterocycles. The molecule has 0 bridgehead atoms. The zero-order valence-electron chi connectivity index (χ0n) is 19.5. The molecule has 0 aromatic heterocycles. The highest BCUT2D eigenvalue weighted by molar-refractivity contribution is 5.97. The molecule has 0 radical (unpaired) electrons. The van der Waals surface area contributed by atoms with Crippen LogP contribution < -0.4 is 25.0 Å². The molecule has 3 aromatic rings. The van der Waals surface area contributed by atoms with E-state index >= 15 is 0 Å². The van der Waals surface area contributed by atoms with E-state index in [0.29, 0.717) is 33.9 Å². The first-order chi connectivity index (χ1) is 16.9. The van der Waals surface area contributed by atoms with Crippen LogP contribution in [0.2, 0.25) is 0 Å². The average molecular weight is 476 g/mol. The summed E-state index contributed by atoms with van der Waals surface area (Å²) in [5.74, 6) is -0.0946. The van der Waals surface area contributed by atoms with Crippen LogP contribution >= 0.6 is 0 Å². The van der Waals surface area contributed by atoms with Crippen molar-refractivity contribution in [1.82, 2.24) is 10.7 Å². The first kappa shape index (κ1) is 25.0. The van der Waals surface area contributed by atoms with Crippen LogP contribution in [0, 0.1) is 6.92 Å². The van der Waals surface area contributed by atoms with E-state index < -0.39 is 17.8 Å². The largest absolute Gasteiger partial charge is 0.493 e. The van der Waals surface area contributed by atoms with Crippen molar-refractivity contribution in [2.75, 3.05) is 20.8 Å². The van der Waals surface area contributed by atoms with E-state index in [9.17, 15) is 14.4 Å². The average Bonchev–Trinajstić information content (AvgIpc) is 2.88. The summed E-state index contributed by atoms with van der Waals surface area (Å²) < 4.78 is 15.7. The van der Waals surface area contributed by atoms with Gasteiger partial charge in [-0.05, 0) is 66.6 Å². The number of nitrogens with zero attached hydrogens (tertiary/aromatic N) is 1. The Balaban J connectivity index is 1.47. The van der Waals surface area contributed by atoms with Gasteiger partial charge in [-0.25, -0.2) is 10.2 Å². The molecule has 2 N–H and O–H groups in total. The molecule has 0 saturated carbocycles. The Hall–Kier alpha value is -4.66. The topological polar surface area (TPSA) is 115 Å². The lowest BCUT2D eigenvalue weighted by molar-refractivity contribution is -0.120. The fourth-order valence-electron chi connectivity index (χ4n) is 3.04. The molecule has 9 nitrogen and oxygen atoms in total. The first-order valence-corrected chi connectivity index (χ1v) is 10.6. The molecule has 0 heterocycles. The van der Waals surface area contributed by atoms with Gasteiger partial charge in [0.05, 0.1) is 32.5 Å². The molecule has 0 spiro atoms. The van der Waals surface area contributed by atoms with Gasteiger partial charge in [0, 0.05) is 5.56 Å². The summed E-state index contributed by atoms with van der Waals surface area (Å²) in [4.78, 5) is 36.5.